The molecule has 2 unspecified atom stereocenters. The Morgan fingerprint density at radius 1 is 1.21 bits per heavy atom. The van der Waals surface area contributed by atoms with E-state index in [4.69, 9.17) is 0 Å². The summed E-state index contributed by atoms with van der Waals surface area (Å²) in [7, 11) is 0. The molecule has 1 aromatic carbocycles. The highest BCUT2D eigenvalue weighted by atomic mass is 32.2. The number of carbonyl (C=O) groups is 1. The second-order valence-corrected chi connectivity index (χ2v) is 6.27. The Bertz CT molecular complexity index is 651. The van der Waals surface area contributed by atoms with Crippen LogP contribution in [0.5, 0.6) is 0 Å². The Morgan fingerprint density at radius 2 is 2.11 bits per heavy atom. The van der Waals surface area contributed by atoms with Gasteiger partial charge in [0.05, 0.1) is 5.92 Å². The van der Waals surface area contributed by atoms with Gasteiger partial charge in [0.2, 0.25) is 0 Å². The molecule has 3 aliphatic rings. The van der Waals surface area contributed by atoms with Crippen molar-refractivity contribution >= 4 is 17.5 Å². The predicted octanol–water partition coefficient (Wildman–Crippen LogP) is 4.13. The molecule has 1 heterocycles. The molecule has 2 aliphatic carbocycles. The van der Waals surface area contributed by atoms with Crippen LogP contribution in [0.4, 0.5) is 0 Å². The molecule has 0 fully saturated rings. The third-order valence-corrected chi connectivity index (χ3v) is 5.39. The molecule has 0 N–H and O–H groups in total. The van der Waals surface area contributed by atoms with E-state index in [1.165, 1.54) is 16.0 Å². The second kappa shape index (κ2) is 4.24. The first kappa shape index (κ1) is 11.3. The maximum atomic E-state index is 12.8. The lowest BCUT2D eigenvalue weighted by Crippen LogP contribution is -2.33. The maximum Gasteiger partial charge on any atom is 0.170 e. The molecule has 4 rings (SSSR count). The number of carbonyl (C=O) groups excluding carboxylic acids is 1. The molecule has 1 aromatic rings. The van der Waals surface area contributed by atoms with Crippen LogP contribution in [-0.4, -0.2) is 5.78 Å². The van der Waals surface area contributed by atoms with Gasteiger partial charge in [-0.05, 0) is 34.3 Å². The van der Waals surface area contributed by atoms with Crippen LogP contribution in [0.3, 0.4) is 0 Å². The van der Waals surface area contributed by atoms with Crippen LogP contribution in [-0.2, 0) is 6.42 Å². The Hall–Kier alpha value is -1.54. The van der Waals surface area contributed by atoms with Crippen LogP contribution >= 0.6 is 11.8 Å². The number of fused-ring (bicyclic) bond motifs is 4. The molecule has 0 bridgehead atoms. The molecule has 0 spiro atoms. The summed E-state index contributed by atoms with van der Waals surface area (Å²) >= 11 is 1.81. The summed E-state index contributed by atoms with van der Waals surface area (Å²) < 4.78 is 0. The van der Waals surface area contributed by atoms with E-state index >= 15 is 0 Å². The van der Waals surface area contributed by atoms with E-state index in [1.807, 2.05) is 18.2 Å². The Morgan fingerprint density at radius 3 is 3.05 bits per heavy atom. The number of thioether (sulfide) groups is 1. The lowest BCUT2D eigenvalue weighted by Gasteiger charge is -2.37. The van der Waals surface area contributed by atoms with Crippen molar-refractivity contribution in [1.82, 2.24) is 0 Å². The van der Waals surface area contributed by atoms with Gasteiger partial charge in [-0.1, -0.05) is 42.5 Å². The summed E-state index contributed by atoms with van der Waals surface area (Å²) in [6, 6.07) is 8.07. The number of hydrogen-bond acceptors (Lipinski definition) is 2. The molecular formula is C17H14OS. The van der Waals surface area contributed by atoms with Crippen molar-refractivity contribution in [1.29, 1.82) is 0 Å². The fourth-order valence-electron chi connectivity index (χ4n) is 3.34. The van der Waals surface area contributed by atoms with Gasteiger partial charge in [0.1, 0.15) is 0 Å². The van der Waals surface area contributed by atoms with E-state index in [1.54, 1.807) is 11.8 Å². The molecule has 1 nitrogen and oxygen atoms in total. The molecule has 0 amide bonds. The van der Waals surface area contributed by atoms with Crippen molar-refractivity contribution in [3.8, 4) is 0 Å². The molecule has 2 heteroatoms. The summed E-state index contributed by atoms with van der Waals surface area (Å²) in [5.41, 5.74) is 3.44. The van der Waals surface area contributed by atoms with Crippen LogP contribution in [0, 0.1) is 11.8 Å². The first-order valence-electron chi connectivity index (χ1n) is 6.69. The largest absolute Gasteiger partial charge is 0.293 e. The van der Waals surface area contributed by atoms with Gasteiger partial charge in [-0.3, -0.25) is 4.79 Å². The minimum absolute atomic E-state index is 0.0762. The van der Waals surface area contributed by atoms with Crippen molar-refractivity contribution in [2.45, 2.75) is 12.8 Å². The van der Waals surface area contributed by atoms with E-state index in [0.717, 1.165) is 18.4 Å². The summed E-state index contributed by atoms with van der Waals surface area (Å²) in [4.78, 5) is 14.2. The van der Waals surface area contributed by atoms with Crippen LogP contribution in [0.25, 0.3) is 0 Å². The van der Waals surface area contributed by atoms with Gasteiger partial charge in [0.25, 0.3) is 0 Å². The standard InChI is InChI=1S/C17H14OS/c18-17-13-6-2-1-5-11(13)9-12-10-19-15-8-4-3-7-14(15)16(12)17/h1-6,8,10,14,16H,7,9H2. The topological polar surface area (TPSA) is 17.1 Å². The summed E-state index contributed by atoms with van der Waals surface area (Å²) in [6.07, 6.45) is 8.39. The van der Waals surface area contributed by atoms with E-state index in [-0.39, 0.29) is 5.92 Å². The van der Waals surface area contributed by atoms with Crippen molar-refractivity contribution in [3.05, 3.63) is 69.5 Å². The van der Waals surface area contributed by atoms with Crippen LogP contribution < -0.4 is 0 Å². The van der Waals surface area contributed by atoms with Gasteiger partial charge < -0.3 is 0 Å². The zero-order valence-corrected chi connectivity index (χ0v) is 11.3. The number of benzene rings is 1. The molecule has 0 saturated heterocycles. The van der Waals surface area contributed by atoms with Gasteiger partial charge in [0.15, 0.2) is 5.78 Å². The SMILES string of the molecule is O=C1c2ccccc2CC2=CSC3=CC=CCC3C12. The summed E-state index contributed by atoms with van der Waals surface area (Å²) in [6.45, 7) is 0. The predicted molar refractivity (Wildman–Crippen MR) is 79.0 cm³/mol. The molecule has 19 heavy (non-hydrogen) atoms. The van der Waals surface area contributed by atoms with E-state index in [0.29, 0.717) is 11.7 Å². The summed E-state index contributed by atoms with van der Waals surface area (Å²) in [5, 5.41) is 2.21. The van der Waals surface area contributed by atoms with Crippen molar-refractivity contribution in [2.75, 3.05) is 0 Å². The smallest absolute Gasteiger partial charge is 0.170 e. The number of allylic oxidation sites excluding steroid dienone is 5. The van der Waals surface area contributed by atoms with Gasteiger partial charge in [-0.25, -0.2) is 0 Å². The monoisotopic (exact) mass is 266 g/mol. The number of hydrogen-bond donors (Lipinski definition) is 0. The highest BCUT2D eigenvalue weighted by molar-refractivity contribution is 8.05. The van der Waals surface area contributed by atoms with Gasteiger partial charge in [-0.15, -0.1) is 11.8 Å². The van der Waals surface area contributed by atoms with Gasteiger partial charge >= 0.3 is 0 Å². The zero-order valence-electron chi connectivity index (χ0n) is 10.5. The van der Waals surface area contributed by atoms with E-state index < -0.39 is 0 Å². The number of rotatable bonds is 0. The molecule has 0 radical (unpaired) electrons. The normalized spacial score (nSPS) is 27.9. The molecular weight excluding hydrogens is 252 g/mol. The molecule has 1 aliphatic heterocycles. The third kappa shape index (κ3) is 1.67. The Labute approximate surface area is 117 Å². The fraction of sp³-hybridized carbons (Fsp3) is 0.235. The third-order valence-electron chi connectivity index (χ3n) is 4.26. The lowest BCUT2D eigenvalue weighted by atomic mass is 9.71. The van der Waals surface area contributed by atoms with Gasteiger partial charge in [0, 0.05) is 11.5 Å². The van der Waals surface area contributed by atoms with Crippen LogP contribution in [0.15, 0.2) is 58.4 Å². The van der Waals surface area contributed by atoms with E-state index in [9.17, 15) is 4.79 Å². The molecule has 94 valence electrons. The Kier molecular flexibility index (Phi) is 2.52. The van der Waals surface area contributed by atoms with Crippen molar-refractivity contribution in [3.63, 3.8) is 0 Å². The highest BCUT2D eigenvalue weighted by Crippen LogP contribution is 2.48. The fourth-order valence-corrected chi connectivity index (χ4v) is 4.42. The summed E-state index contributed by atoms with van der Waals surface area (Å²) in [5.74, 6) is 0.766. The van der Waals surface area contributed by atoms with Crippen LogP contribution in [0.2, 0.25) is 0 Å². The molecule has 2 atom stereocenters. The molecule has 0 aromatic heterocycles. The number of Topliss-reactive ketones (excluding diaryl/α,β-unsaturated/α-hetero) is 1. The first-order chi connectivity index (χ1) is 9.34. The first-order valence-corrected chi connectivity index (χ1v) is 7.57. The number of ketones is 1. The average molecular weight is 266 g/mol. The average Bonchev–Trinajstić information content (AvgIpc) is 2.47. The van der Waals surface area contributed by atoms with E-state index in [2.05, 4.69) is 29.7 Å². The lowest BCUT2D eigenvalue weighted by molar-refractivity contribution is 0.0904. The zero-order chi connectivity index (χ0) is 12.8. The van der Waals surface area contributed by atoms with Gasteiger partial charge in [-0.2, -0.15) is 0 Å². The second-order valence-electron chi connectivity index (χ2n) is 5.33. The van der Waals surface area contributed by atoms with Crippen molar-refractivity contribution in [2.24, 2.45) is 11.8 Å². The van der Waals surface area contributed by atoms with Crippen molar-refractivity contribution < 1.29 is 4.79 Å². The maximum absolute atomic E-state index is 12.8. The minimum Gasteiger partial charge on any atom is -0.293 e. The quantitative estimate of drug-likeness (QED) is 0.702. The highest BCUT2D eigenvalue weighted by Gasteiger charge is 2.40. The molecule has 0 saturated carbocycles. The van der Waals surface area contributed by atoms with Crippen LogP contribution in [0.1, 0.15) is 22.3 Å². The minimum atomic E-state index is 0.0762. The Balaban J connectivity index is 1.83.